The fourth-order valence-electron chi connectivity index (χ4n) is 4.16. The summed E-state index contributed by atoms with van der Waals surface area (Å²) in [5, 5.41) is 3.54. The van der Waals surface area contributed by atoms with Crippen molar-refractivity contribution >= 4 is 42.6 Å². The maximum absolute atomic E-state index is 14.0. The summed E-state index contributed by atoms with van der Waals surface area (Å²) in [6.07, 6.45) is 3.01. The third-order valence-electron chi connectivity index (χ3n) is 6.18. The summed E-state index contributed by atoms with van der Waals surface area (Å²) in [6.45, 7) is 11.4. The van der Waals surface area contributed by atoms with Crippen molar-refractivity contribution in [1.29, 1.82) is 0 Å². The first-order valence-corrected chi connectivity index (χ1v) is 14.3. The molecule has 38 heavy (non-hydrogen) atoms. The number of fused-ring (bicyclic) bond motifs is 1. The number of carbonyl (C=O) groups is 1. The molecule has 0 bridgehead atoms. The monoisotopic (exact) mass is 561 g/mol. The number of hydrogen-bond donors (Lipinski definition) is 1. The summed E-state index contributed by atoms with van der Waals surface area (Å²) < 4.78 is 54.8. The Balaban J connectivity index is 1.26. The maximum atomic E-state index is 14.0. The van der Waals surface area contributed by atoms with E-state index < -0.39 is 21.7 Å². The molecule has 3 aromatic rings. The number of halogens is 2. The van der Waals surface area contributed by atoms with E-state index in [1.165, 1.54) is 58.1 Å². The summed E-state index contributed by atoms with van der Waals surface area (Å²) in [6, 6.07) is 7.97. The van der Waals surface area contributed by atoms with E-state index in [1.54, 1.807) is 0 Å². The van der Waals surface area contributed by atoms with Crippen molar-refractivity contribution < 1.29 is 22.0 Å². The van der Waals surface area contributed by atoms with E-state index >= 15 is 0 Å². The molecule has 0 radical (unpaired) electrons. The highest BCUT2D eigenvalue weighted by atomic mass is 32.2. The Morgan fingerprint density at radius 2 is 1.74 bits per heavy atom. The molecule has 1 aliphatic rings. The molecule has 2 heterocycles. The SMILES string of the molecule is C=CCN(CC=C)S(=O)(=O)c1ccc(C(=O)NCCN2CCN(c3nc4c(F)cc(F)cc4s3)CC2)cc1. The number of rotatable bonds is 11. The third kappa shape index (κ3) is 6.26. The largest absolute Gasteiger partial charge is 0.351 e. The molecule has 12 heteroatoms. The first-order valence-electron chi connectivity index (χ1n) is 12.1. The normalized spacial score (nSPS) is 14.7. The molecule has 0 atom stereocenters. The first kappa shape index (κ1) is 27.8. The van der Waals surface area contributed by atoms with Gasteiger partial charge in [0.2, 0.25) is 10.0 Å². The van der Waals surface area contributed by atoms with Crippen LogP contribution in [0, 0.1) is 11.6 Å². The van der Waals surface area contributed by atoms with Gasteiger partial charge in [0, 0.05) is 64.0 Å². The van der Waals surface area contributed by atoms with Gasteiger partial charge in [-0.05, 0) is 30.3 Å². The van der Waals surface area contributed by atoms with Gasteiger partial charge in [0.25, 0.3) is 5.91 Å². The summed E-state index contributed by atoms with van der Waals surface area (Å²) in [5.41, 5.74) is 0.556. The highest BCUT2D eigenvalue weighted by molar-refractivity contribution is 7.89. The van der Waals surface area contributed by atoms with Gasteiger partial charge in [-0.2, -0.15) is 4.31 Å². The topological polar surface area (TPSA) is 85.8 Å². The van der Waals surface area contributed by atoms with Crippen LogP contribution in [0.25, 0.3) is 10.2 Å². The molecule has 0 unspecified atom stereocenters. The van der Waals surface area contributed by atoms with E-state index in [2.05, 4.69) is 33.3 Å². The van der Waals surface area contributed by atoms with Crippen molar-refractivity contribution in [3.63, 3.8) is 0 Å². The van der Waals surface area contributed by atoms with Gasteiger partial charge in [-0.1, -0.05) is 23.5 Å². The van der Waals surface area contributed by atoms with Crippen LogP contribution < -0.4 is 10.2 Å². The lowest BCUT2D eigenvalue weighted by molar-refractivity contribution is 0.0947. The van der Waals surface area contributed by atoms with Crippen molar-refractivity contribution in [2.24, 2.45) is 0 Å². The van der Waals surface area contributed by atoms with E-state index in [-0.39, 0.29) is 29.4 Å². The van der Waals surface area contributed by atoms with Gasteiger partial charge in [-0.3, -0.25) is 9.69 Å². The molecule has 1 amide bonds. The average molecular weight is 562 g/mol. The van der Waals surface area contributed by atoms with Gasteiger partial charge >= 0.3 is 0 Å². The smallest absolute Gasteiger partial charge is 0.251 e. The molecule has 1 N–H and O–H groups in total. The van der Waals surface area contributed by atoms with E-state index in [9.17, 15) is 22.0 Å². The minimum Gasteiger partial charge on any atom is -0.351 e. The lowest BCUT2D eigenvalue weighted by atomic mass is 10.2. The first-order chi connectivity index (χ1) is 18.2. The number of hydrogen-bond acceptors (Lipinski definition) is 7. The fourth-order valence-corrected chi connectivity index (χ4v) is 6.60. The Morgan fingerprint density at radius 1 is 1.08 bits per heavy atom. The number of anilines is 1. The zero-order valence-electron chi connectivity index (χ0n) is 20.8. The number of benzene rings is 2. The number of aromatic nitrogens is 1. The highest BCUT2D eigenvalue weighted by Gasteiger charge is 2.23. The molecule has 8 nitrogen and oxygen atoms in total. The predicted molar refractivity (Wildman–Crippen MR) is 146 cm³/mol. The van der Waals surface area contributed by atoms with Crippen molar-refractivity contribution in [3.8, 4) is 0 Å². The maximum Gasteiger partial charge on any atom is 0.251 e. The number of nitrogens with zero attached hydrogens (tertiary/aromatic N) is 4. The van der Waals surface area contributed by atoms with Gasteiger partial charge in [-0.15, -0.1) is 13.2 Å². The van der Waals surface area contributed by atoms with Crippen LogP contribution in [0.1, 0.15) is 10.4 Å². The van der Waals surface area contributed by atoms with Crippen LogP contribution in [-0.2, 0) is 10.0 Å². The molecule has 1 saturated heterocycles. The highest BCUT2D eigenvalue weighted by Crippen LogP contribution is 2.31. The van der Waals surface area contributed by atoms with Gasteiger partial charge < -0.3 is 10.2 Å². The summed E-state index contributed by atoms with van der Waals surface area (Å²) >= 11 is 1.27. The van der Waals surface area contributed by atoms with Crippen LogP contribution in [0.3, 0.4) is 0 Å². The van der Waals surface area contributed by atoms with Gasteiger partial charge in [0.1, 0.15) is 11.3 Å². The van der Waals surface area contributed by atoms with Gasteiger partial charge in [0.15, 0.2) is 10.9 Å². The number of carbonyl (C=O) groups excluding carboxylic acids is 1. The lowest BCUT2D eigenvalue weighted by Crippen LogP contribution is -2.48. The van der Waals surface area contributed by atoms with Crippen LogP contribution in [0.15, 0.2) is 66.6 Å². The minimum atomic E-state index is -3.73. The molecule has 1 aliphatic heterocycles. The Bertz CT molecular complexity index is 1410. The standard InChI is InChI=1S/C26H29F2N5O3S2/c1-3-10-33(11-4-2)38(35,36)21-7-5-19(6-8-21)25(34)29-9-12-31-13-15-32(16-14-31)26-30-24-22(28)17-20(27)18-23(24)37-26/h3-8,17-18H,1-2,9-16H2,(H,29,34). The Morgan fingerprint density at radius 3 is 2.37 bits per heavy atom. The lowest BCUT2D eigenvalue weighted by Gasteiger charge is -2.34. The summed E-state index contributed by atoms with van der Waals surface area (Å²) in [5.74, 6) is -1.56. The molecular formula is C26H29F2N5O3S2. The molecule has 2 aromatic carbocycles. The van der Waals surface area contributed by atoms with Crippen molar-refractivity contribution in [1.82, 2.24) is 19.5 Å². The molecule has 0 aliphatic carbocycles. The predicted octanol–water partition coefficient (Wildman–Crippen LogP) is 3.49. The second-order valence-corrected chi connectivity index (χ2v) is 11.7. The summed E-state index contributed by atoms with van der Waals surface area (Å²) in [7, 11) is -3.73. The Hall–Kier alpha value is -3.19. The van der Waals surface area contributed by atoms with E-state index in [1.807, 2.05) is 0 Å². The quantitative estimate of drug-likeness (QED) is 0.361. The average Bonchev–Trinajstić information content (AvgIpc) is 3.33. The second kappa shape index (κ2) is 12.1. The Labute approximate surface area is 224 Å². The molecule has 0 spiro atoms. The van der Waals surface area contributed by atoms with E-state index in [0.717, 1.165) is 19.2 Å². The van der Waals surface area contributed by atoms with Crippen LogP contribution >= 0.6 is 11.3 Å². The molecule has 0 saturated carbocycles. The van der Waals surface area contributed by atoms with E-state index in [4.69, 9.17) is 0 Å². The van der Waals surface area contributed by atoms with Gasteiger partial charge in [0.05, 0.1) is 9.60 Å². The van der Waals surface area contributed by atoms with Crippen LogP contribution in [0.2, 0.25) is 0 Å². The zero-order valence-corrected chi connectivity index (χ0v) is 22.4. The van der Waals surface area contributed by atoms with E-state index in [0.29, 0.717) is 41.6 Å². The molecule has 202 valence electrons. The number of sulfonamides is 1. The molecule has 4 rings (SSSR count). The zero-order chi connectivity index (χ0) is 27.3. The van der Waals surface area contributed by atoms with Crippen LogP contribution in [0.5, 0.6) is 0 Å². The van der Waals surface area contributed by atoms with Gasteiger partial charge in [-0.25, -0.2) is 22.2 Å². The second-order valence-electron chi connectivity index (χ2n) is 8.74. The minimum absolute atomic E-state index is 0.0941. The Kier molecular flexibility index (Phi) is 8.87. The molecular weight excluding hydrogens is 532 g/mol. The molecule has 1 aromatic heterocycles. The van der Waals surface area contributed by atoms with Crippen LogP contribution in [0.4, 0.5) is 13.9 Å². The summed E-state index contributed by atoms with van der Waals surface area (Å²) in [4.78, 5) is 21.3. The van der Waals surface area contributed by atoms with Crippen LogP contribution in [-0.4, -0.2) is 80.9 Å². The fraction of sp³-hybridized carbons (Fsp3) is 0.308. The van der Waals surface area contributed by atoms with Crippen molar-refractivity contribution in [2.75, 3.05) is 57.3 Å². The number of thiazole rings is 1. The number of piperazine rings is 1. The molecule has 1 fully saturated rings. The number of amides is 1. The van der Waals surface area contributed by atoms with Crippen molar-refractivity contribution in [3.05, 3.63) is 78.9 Å². The van der Waals surface area contributed by atoms with Crippen molar-refractivity contribution in [2.45, 2.75) is 4.90 Å². The number of nitrogens with one attached hydrogen (secondary N) is 1. The third-order valence-corrected chi connectivity index (χ3v) is 9.09.